The van der Waals surface area contributed by atoms with E-state index in [1.54, 1.807) is 0 Å². The average molecular weight is 304 g/mol. The molecule has 0 aromatic carbocycles. The Labute approximate surface area is 127 Å². The smallest absolute Gasteiger partial charge is 0.305 e. The Morgan fingerprint density at radius 1 is 1.10 bits per heavy atom. The molecule has 0 aromatic heterocycles. The molecule has 0 bridgehead atoms. The number of hydrogen-bond donors (Lipinski definition) is 0. The van der Waals surface area contributed by atoms with Crippen LogP contribution in [0.1, 0.15) is 59.3 Å². The SMILES string of the molecule is CCCCOOC(COC(=O)CCC)C(CCC)OC=O. The van der Waals surface area contributed by atoms with Crippen molar-refractivity contribution in [2.75, 3.05) is 13.2 Å². The van der Waals surface area contributed by atoms with Crippen LogP contribution < -0.4 is 0 Å². The Morgan fingerprint density at radius 3 is 2.43 bits per heavy atom. The van der Waals surface area contributed by atoms with Gasteiger partial charge in [0.25, 0.3) is 6.47 Å². The summed E-state index contributed by atoms with van der Waals surface area (Å²) in [7, 11) is 0. The molecule has 6 heteroatoms. The molecule has 0 heterocycles. The largest absolute Gasteiger partial charge is 0.463 e. The summed E-state index contributed by atoms with van der Waals surface area (Å²) in [6, 6.07) is 0. The van der Waals surface area contributed by atoms with Crippen LogP contribution in [0.4, 0.5) is 0 Å². The molecule has 21 heavy (non-hydrogen) atoms. The average Bonchev–Trinajstić information content (AvgIpc) is 2.47. The summed E-state index contributed by atoms with van der Waals surface area (Å²) in [4.78, 5) is 32.4. The van der Waals surface area contributed by atoms with Crippen molar-refractivity contribution < 1.29 is 28.8 Å². The lowest BCUT2D eigenvalue weighted by Gasteiger charge is -2.24. The Balaban J connectivity index is 4.41. The topological polar surface area (TPSA) is 71.1 Å². The maximum atomic E-state index is 11.4. The molecule has 124 valence electrons. The van der Waals surface area contributed by atoms with Gasteiger partial charge in [-0.1, -0.05) is 33.6 Å². The Bertz CT molecular complexity index is 269. The highest BCUT2D eigenvalue weighted by Crippen LogP contribution is 2.12. The number of hydrogen-bond acceptors (Lipinski definition) is 6. The maximum absolute atomic E-state index is 11.4. The predicted octanol–water partition coefficient (Wildman–Crippen LogP) is 2.79. The van der Waals surface area contributed by atoms with Crippen molar-refractivity contribution in [3.8, 4) is 0 Å². The number of carbonyl (C=O) groups is 2. The molecule has 6 nitrogen and oxygen atoms in total. The van der Waals surface area contributed by atoms with Crippen LogP contribution in [0.25, 0.3) is 0 Å². The van der Waals surface area contributed by atoms with Gasteiger partial charge in [-0.25, -0.2) is 9.78 Å². The first-order valence-electron chi connectivity index (χ1n) is 7.72. The molecule has 0 rings (SSSR count). The van der Waals surface area contributed by atoms with Crippen molar-refractivity contribution in [3.63, 3.8) is 0 Å². The van der Waals surface area contributed by atoms with E-state index in [0.29, 0.717) is 25.9 Å². The summed E-state index contributed by atoms with van der Waals surface area (Å²) in [6.07, 6.45) is 3.29. The van der Waals surface area contributed by atoms with E-state index in [-0.39, 0.29) is 12.6 Å². The molecule has 0 fully saturated rings. The van der Waals surface area contributed by atoms with Gasteiger partial charge in [0.1, 0.15) is 12.7 Å². The molecule has 0 aliphatic heterocycles. The first kappa shape index (κ1) is 19.9. The fourth-order valence-corrected chi connectivity index (χ4v) is 1.68. The van der Waals surface area contributed by atoms with E-state index >= 15 is 0 Å². The Morgan fingerprint density at radius 2 is 1.86 bits per heavy atom. The van der Waals surface area contributed by atoms with Crippen LogP contribution in [0.2, 0.25) is 0 Å². The van der Waals surface area contributed by atoms with Crippen molar-refractivity contribution in [2.24, 2.45) is 0 Å². The molecule has 0 amide bonds. The van der Waals surface area contributed by atoms with E-state index in [0.717, 1.165) is 25.7 Å². The molecule has 0 N–H and O–H groups in total. The fraction of sp³-hybridized carbons (Fsp3) is 0.867. The molecular weight excluding hydrogens is 276 g/mol. The summed E-state index contributed by atoms with van der Waals surface area (Å²) in [6.45, 7) is 6.77. The minimum absolute atomic E-state index is 0.0173. The third kappa shape index (κ3) is 10.3. The summed E-state index contributed by atoms with van der Waals surface area (Å²) in [5.74, 6) is -0.291. The highest BCUT2D eigenvalue weighted by molar-refractivity contribution is 5.69. The van der Waals surface area contributed by atoms with Gasteiger partial charge in [-0.3, -0.25) is 9.59 Å². The zero-order valence-corrected chi connectivity index (χ0v) is 13.3. The van der Waals surface area contributed by atoms with Crippen LogP contribution >= 0.6 is 0 Å². The standard InChI is InChI=1S/C15H28O6/c1-4-7-10-20-21-14(11-18-15(17)9-6-3)13(8-5-2)19-12-16/h12-14H,4-11H2,1-3H3. The number of ether oxygens (including phenoxy) is 2. The first-order chi connectivity index (χ1) is 10.2. The molecular formula is C15H28O6. The molecule has 0 saturated carbocycles. The quantitative estimate of drug-likeness (QED) is 0.162. The molecule has 0 aliphatic rings. The van der Waals surface area contributed by atoms with Crippen LogP contribution in [0.15, 0.2) is 0 Å². The molecule has 2 atom stereocenters. The minimum Gasteiger partial charge on any atom is -0.463 e. The van der Waals surface area contributed by atoms with Crippen LogP contribution in [0, 0.1) is 0 Å². The molecule has 0 radical (unpaired) electrons. The van der Waals surface area contributed by atoms with Crippen molar-refractivity contribution in [1.82, 2.24) is 0 Å². The van der Waals surface area contributed by atoms with Crippen LogP contribution in [-0.4, -0.2) is 37.9 Å². The lowest BCUT2D eigenvalue weighted by Crippen LogP contribution is -2.36. The Kier molecular flexibility index (Phi) is 13.1. The third-order valence-electron chi connectivity index (χ3n) is 2.85. The number of unbranched alkanes of at least 4 members (excludes halogenated alkanes) is 1. The second-order valence-corrected chi connectivity index (χ2v) is 4.80. The van der Waals surface area contributed by atoms with Crippen LogP contribution in [0.3, 0.4) is 0 Å². The summed E-state index contributed by atoms with van der Waals surface area (Å²) < 4.78 is 10.2. The van der Waals surface area contributed by atoms with E-state index in [2.05, 4.69) is 0 Å². The maximum Gasteiger partial charge on any atom is 0.305 e. The lowest BCUT2D eigenvalue weighted by atomic mass is 10.1. The second-order valence-electron chi connectivity index (χ2n) is 4.80. The lowest BCUT2D eigenvalue weighted by molar-refractivity contribution is -0.343. The third-order valence-corrected chi connectivity index (χ3v) is 2.85. The van der Waals surface area contributed by atoms with Gasteiger partial charge >= 0.3 is 5.97 Å². The Hall–Kier alpha value is -1.14. The number of rotatable bonds is 14. The zero-order chi connectivity index (χ0) is 15.9. The van der Waals surface area contributed by atoms with E-state index < -0.39 is 12.2 Å². The first-order valence-corrected chi connectivity index (χ1v) is 7.72. The van der Waals surface area contributed by atoms with Crippen LogP contribution in [-0.2, 0) is 28.8 Å². The summed E-state index contributed by atoms with van der Waals surface area (Å²) >= 11 is 0. The van der Waals surface area contributed by atoms with Gasteiger partial charge in [-0.15, -0.1) is 0 Å². The molecule has 0 spiro atoms. The van der Waals surface area contributed by atoms with Crippen molar-refractivity contribution in [3.05, 3.63) is 0 Å². The molecule has 0 aliphatic carbocycles. The number of esters is 1. The molecule has 0 saturated heterocycles. The van der Waals surface area contributed by atoms with Gasteiger partial charge in [-0.2, -0.15) is 0 Å². The van der Waals surface area contributed by atoms with Gasteiger partial charge in [0.2, 0.25) is 0 Å². The monoisotopic (exact) mass is 304 g/mol. The van der Waals surface area contributed by atoms with Gasteiger partial charge in [0.05, 0.1) is 6.61 Å². The van der Waals surface area contributed by atoms with E-state index in [4.69, 9.17) is 19.2 Å². The van der Waals surface area contributed by atoms with Crippen LogP contribution in [0.5, 0.6) is 0 Å². The second kappa shape index (κ2) is 13.8. The predicted molar refractivity (Wildman–Crippen MR) is 77.4 cm³/mol. The number of carbonyl (C=O) groups excluding carboxylic acids is 2. The molecule has 0 aromatic rings. The van der Waals surface area contributed by atoms with Crippen molar-refractivity contribution in [1.29, 1.82) is 0 Å². The van der Waals surface area contributed by atoms with Gasteiger partial charge in [0, 0.05) is 6.42 Å². The van der Waals surface area contributed by atoms with E-state index in [1.807, 2.05) is 20.8 Å². The summed E-state index contributed by atoms with van der Waals surface area (Å²) in [5.41, 5.74) is 0. The highest BCUT2D eigenvalue weighted by atomic mass is 17.2. The van der Waals surface area contributed by atoms with Crippen molar-refractivity contribution in [2.45, 2.75) is 71.5 Å². The van der Waals surface area contributed by atoms with Gasteiger partial charge in [-0.05, 0) is 19.3 Å². The van der Waals surface area contributed by atoms with E-state index in [1.165, 1.54) is 0 Å². The van der Waals surface area contributed by atoms with Crippen molar-refractivity contribution >= 4 is 12.4 Å². The zero-order valence-electron chi connectivity index (χ0n) is 13.3. The van der Waals surface area contributed by atoms with E-state index in [9.17, 15) is 9.59 Å². The van der Waals surface area contributed by atoms with Gasteiger partial charge < -0.3 is 9.47 Å². The summed E-state index contributed by atoms with van der Waals surface area (Å²) in [5, 5.41) is 0. The molecule has 2 unspecified atom stereocenters. The fourth-order valence-electron chi connectivity index (χ4n) is 1.68. The minimum atomic E-state index is -0.604. The normalized spacial score (nSPS) is 13.5. The van der Waals surface area contributed by atoms with Gasteiger partial charge in [0.15, 0.2) is 6.10 Å². The highest BCUT2D eigenvalue weighted by Gasteiger charge is 2.26.